The van der Waals surface area contributed by atoms with Gasteiger partial charge in [0.2, 0.25) is 41.6 Å². The van der Waals surface area contributed by atoms with Gasteiger partial charge in [-0.1, -0.05) is 58.5 Å². The fraction of sp³-hybridized carbons (Fsp3) is 0.467. The number of amides is 1. The number of carboxylic acids is 1. The molecule has 29 heteroatoms. The number of aromatic nitrogens is 6. The first-order chi connectivity index (χ1) is 42.5. The summed E-state index contributed by atoms with van der Waals surface area (Å²) in [5, 5.41) is 13.9. The van der Waals surface area contributed by atoms with Crippen LogP contribution in [0, 0.1) is 41.6 Å². The van der Waals surface area contributed by atoms with Crippen LogP contribution in [0.5, 0.6) is 0 Å². The van der Waals surface area contributed by atoms with E-state index in [9.17, 15) is 40.3 Å². The van der Waals surface area contributed by atoms with E-state index in [4.69, 9.17) is 62.0 Å². The topological polar surface area (TPSA) is 207 Å². The van der Waals surface area contributed by atoms with Crippen molar-refractivity contribution in [2.45, 2.75) is 103 Å². The van der Waals surface area contributed by atoms with Crippen molar-refractivity contribution in [3.63, 3.8) is 0 Å². The molecule has 0 aliphatic carbocycles. The number of hydrogen-bond donors (Lipinski definition) is 4. The maximum Gasteiger partial charge on any atom is 0.412 e. The predicted octanol–water partition coefficient (Wildman–Crippen LogP) is 14.1. The van der Waals surface area contributed by atoms with Crippen molar-refractivity contribution in [2.75, 3.05) is 114 Å². The molecule has 484 valence electrons. The molecule has 5 N–H and O–H groups in total. The second-order valence-corrected chi connectivity index (χ2v) is 23.4. The highest BCUT2D eigenvalue weighted by atomic mass is 35.5. The van der Waals surface area contributed by atoms with Crippen LogP contribution < -0.4 is 40.9 Å². The Bertz CT molecular complexity index is 3190. The summed E-state index contributed by atoms with van der Waals surface area (Å²) in [6, 6.07) is 16.2. The molecule has 0 atom stereocenters. The normalized spacial score (nSPS) is 15.8. The van der Waals surface area contributed by atoms with E-state index in [0.717, 1.165) is 135 Å². The Morgan fingerprint density at radius 2 is 0.876 bits per heavy atom. The third-order valence-electron chi connectivity index (χ3n) is 13.9. The van der Waals surface area contributed by atoms with Crippen molar-refractivity contribution in [1.29, 1.82) is 0 Å². The van der Waals surface area contributed by atoms with E-state index in [2.05, 4.69) is 50.3 Å². The number of aromatic carboxylic acids is 1. The van der Waals surface area contributed by atoms with Gasteiger partial charge in [-0.25, -0.2) is 34.5 Å². The molecule has 0 bridgehead atoms. The Hall–Kier alpha value is -6.93. The van der Waals surface area contributed by atoms with Crippen molar-refractivity contribution >= 4 is 98.9 Å². The van der Waals surface area contributed by atoms with Gasteiger partial charge in [0.15, 0.2) is 0 Å². The molecule has 0 saturated carbocycles. The van der Waals surface area contributed by atoms with Gasteiger partial charge in [-0.15, -0.1) is 0 Å². The van der Waals surface area contributed by atoms with Crippen molar-refractivity contribution in [1.82, 2.24) is 35.2 Å². The van der Waals surface area contributed by atoms with Gasteiger partial charge < -0.3 is 45.4 Å². The lowest BCUT2D eigenvalue weighted by molar-refractivity contribution is 0.0634. The lowest BCUT2D eigenvalue weighted by Gasteiger charge is -2.21. The Balaban J connectivity index is 0.000000170. The standard InChI is InChI=1S/C14H19ClFN3O2.C10H10ClFN2O2.C9H11ClFN3.C9H10ClFN2.C9H11FN2.C5H3F2N.C4H9N/c1-14(2,3)21-13(20)17-9-8-10(18-12(16)11(9)15)19-6-4-5-7-19;11-8-6(10(15)16)5-7(13-9(8)12)14-3-1-2-4-14;10-8-6(12)5-7(13-9(8)11)14-3-1-2-4-14;10-7-3-4-8(12-9(7)11)13-5-1-2-6-13;10-8-4-3-5-9(11-8)12-6-1-2-7-12;6-4-2-1-3-5(7)8-4;1-2-4-5-3-1/h8H,4-7H2,1-3H3,(H,17,18,20);5H,1-4H2,(H,15,16);5H,1-4H2,(H2,12,13);3-4H,1-2,5-6H2;3-5H,1-2,6-7H2;1-3H;5H,1-4H2. The zero-order valence-electron chi connectivity index (χ0n) is 49.6. The number of nitrogen functional groups attached to an aromatic ring is 1. The molecule has 6 aliphatic heterocycles. The van der Waals surface area contributed by atoms with Crippen LogP contribution >= 0.6 is 46.4 Å². The smallest absolute Gasteiger partial charge is 0.412 e. The van der Waals surface area contributed by atoms with Crippen LogP contribution in [0.15, 0.2) is 66.7 Å². The monoisotopic (exact) mass is 1330 g/mol. The van der Waals surface area contributed by atoms with Crippen molar-refractivity contribution in [3.8, 4) is 0 Å². The fourth-order valence-corrected chi connectivity index (χ4v) is 10.0. The van der Waals surface area contributed by atoms with Gasteiger partial charge in [0.1, 0.15) is 49.8 Å². The van der Waals surface area contributed by atoms with E-state index in [1.165, 1.54) is 57.0 Å². The summed E-state index contributed by atoms with van der Waals surface area (Å²) in [6.45, 7) is 16.7. The molecule has 12 rings (SSSR count). The number of nitrogens with zero attached hydrogens (tertiary/aromatic N) is 11. The van der Waals surface area contributed by atoms with Crippen LogP contribution in [0.3, 0.4) is 0 Å². The number of nitrogens with two attached hydrogens (primary N) is 1. The first-order valence-corrected chi connectivity index (χ1v) is 30.7. The molecule has 6 aromatic rings. The first kappa shape index (κ1) is 71.1. The Morgan fingerprint density at radius 3 is 1.26 bits per heavy atom. The van der Waals surface area contributed by atoms with Gasteiger partial charge in [-0.05, 0) is 153 Å². The van der Waals surface area contributed by atoms with Crippen LogP contribution in [-0.2, 0) is 4.74 Å². The highest BCUT2D eigenvalue weighted by Crippen LogP contribution is 2.32. The van der Waals surface area contributed by atoms with Gasteiger partial charge in [0.25, 0.3) is 0 Å². The number of rotatable bonds is 7. The quantitative estimate of drug-likeness (QED) is 0.0866. The number of nitrogens with one attached hydrogen (secondary N) is 2. The highest BCUT2D eigenvalue weighted by molar-refractivity contribution is 6.34. The molecule has 0 radical (unpaired) electrons. The van der Waals surface area contributed by atoms with Crippen LogP contribution in [0.1, 0.15) is 108 Å². The minimum atomic E-state index is -1.24. The van der Waals surface area contributed by atoms with Crippen LogP contribution in [0.4, 0.5) is 76.0 Å². The lowest BCUT2D eigenvalue weighted by atomic mass is 10.2. The second kappa shape index (κ2) is 35.5. The summed E-state index contributed by atoms with van der Waals surface area (Å²) in [4.78, 5) is 54.3. The molecule has 6 fully saturated rings. The van der Waals surface area contributed by atoms with E-state index in [-0.39, 0.29) is 38.0 Å². The number of ether oxygens (including phenoxy) is 1. The molecule has 6 aliphatic rings. The van der Waals surface area contributed by atoms with E-state index >= 15 is 0 Å². The fourth-order valence-electron chi connectivity index (χ4n) is 9.52. The molecule has 12 heterocycles. The summed E-state index contributed by atoms with van der Waals surface area (Å²) in [7, 11) is 0. The Kier molecular flexibility index (Phi) is 28.3. The van der Waals surface area contributed by atoms with Crippen molar-refractivity contribution in [2.24, 2.45) is 0 Å². The number of carbonyl (C=O) groups excluding carboxylic acids is 1. The first-order valence-electron chi connectivity index (χ1n) is 29.2. The third-order valence-corrected chi connectivity index (χ3v) is 15.3. The van der Waals surface area contributed by atoms with Crippen molar-refractivity contribution in [3.05, 3.63) is 134 Å². The zero-order valence-corrected chi connectivity index (χ0v) is 52.7. The summed E-state index contributed by atoms with van der Waals surface area (Å²) in [5.74, 6) is -3.33. The molecule has 6 aromatic heterocycles. The maximum atomic E-state index is 13.8. The zero-order chi connectivity index (χ0) is 64.6. The van der Waals surface area contributed by atoms with E-state index in [0.29, 0.717) is 23.3 Å². The van der Waals surface area contributed by atoms with E-state index in [1.807, 2.05) is 20.8 Å². The number of carboxylic acid groups (broad SMARTS) is 1. The summed E-state index contributed by atoms with van der Waals surface area (Å²) < 4.78 is 94.7. The highest BCUT2D eigenvalue weighted by Gasteiger charge is 2.24. The maximum absolute atomic E-state index is 13.8. The number of carbonyl (C=O) groups is 2. The second-order valence-electron chi connectivity index (χ2n) is 21.8. The number of halogens is 11. The SMILES string of the molecule is C1CCNC1.CC(C)(C)OC(=O)Nc1cc(N2CCCC2)nc(F)c1Cl.Fc1cccc(F)n1.Fc1cccc(N2CCCC2)n1.Fc1nc(N2CCCC2)ccc1Cl.Nc1cc(N2CCCC2)nc(F)c1Cl.O=C(O)c1cc(N2CCCC2)nc(F)c1Cl. The summed E-state index contributed by atoms with van der Waals surface area (Å²) in [5.41, 5.74) is 5.09. The van der Waals surface area contributed by atoms with Gasteiger partial charge in [0.05, 0.1) is 22.0 Å². The molecule has 0 unspecified atom stereocenters. The third kappa shape index (κ3) is 23.4. The molecule has 0 aromatic carbocycles. The van der Waals surface area contributed by atoms with Gasteiger partial charge in [-0.2, -0.15) is 35.7 Å². The number of hydrogen-bond acceptors (Lipinski definition) is 16. The molecule has 6 saturated heterocycles. The lowest BCUT2D eigenvalue weighted by Crippen LogP contribution is -2.27. The summed E-state index contributed by atoms with van der Waals surface area (Å²) >= 11 is 22.5. The van der Waals surface area contributed by atoms with Gasteiger partial charge in [0, 0.05) is 77.6 Å². The van der Waals surface area contributed by atoms with Crippen molar-refractivity contribution < 1.29 is 50.2 Å². The molecule has 89 heavy (non-hydrogen) atoms. The molecule has 0 spiro atoms. The average Bonchev–Trinajstić information content (AvgIpc) is 2.32. The van der Waals surface area contributed by atoms with Crippen LogP contribution in [0.2, 0.25) is 20.1 Å². The average molecular weight is 1330 g/mol. The minimum Gasteiger partial charge on any atom is -0.478 e. The predicted molar refractivity (Wildman–Crippen MR) is 336 cm³/mol. The van der Waals surface area contributed by atoms with Gasteiger partial charge >= 0.3 is 12.1 Å². The van der Waals surface area contributed by atoms with E-state index in [1.54, 1.807) is 51.1 Å². The van der Waals surface area contributed by atoms with E-state index < -0.39 is 58.4 Å². The molecule has 18 nitrogen and oxygen atoms in total. The van der Waals surface area contributed by atoms with Crippen LogP contribution in [-0.4, -0.2) is 131 Å². The van der Waals surface area contributed by atoms with Gasteiger partial charge in [-0.3, -0.25) is 5.32 Å². The minimum absolute atomic E-state index is 0.0861. The Labute approximate surface area is 533 Å². The molecular formula is C60H73Cl4F7N14O4. The Morgan fingerprint density at radius 1 is 0.494 bits per heavy atom. The van der Waals surface area contributed by atoms with Crippen LogP contribution in [0.25, 0.3) is 0 Å². The number of anilines is 7. The summed E-state index contributed by atoms with van der Waals surface area (Å²) in [6.07, 6.45) is 13.1. The molecular weight excluding hydrogens is 1260 g/mol. The largest absolute Gasteiger partial charge is 0.478 e. The molecule has 1 amide bonds. The number of pyridine rings is 6.